The minimum absolute atomic E-state index is 0.0661. The van der Waals surface area contributed by atoms with Crippen LogP contribution in [-0.2, 0) is 4.79 Å². The van der Waals surface area contributed by atoms with Crippen molar-refractivity contribution in [2.75, 3.05) is 11.9 Å². The molecule has 28 heavy (non-hydrogen) atoms. The van der Waals surface area contributed by atoms with E-state index in [9.17, 15) is 4.79 Å². The lowest BCUT2D eigenvalue weighted by Gasteiger charge is -2.10. The van der Waals surface area contributed by atoms with E-state index in [0.29, 0.717) is 5.75 Å². The van der Waals surface area contributed by atoms with Gasteiger partial charge in [0, 0.05) is 11.9 Å². The highest BCUT2D eigenvalue weighted by Crippen LogP contribution is 2.26. The molecule has 0 bridgehead atoms. The highest BCUT2D eigenvalue weighted by atomic mass is 79.9. The quantitative estimate of drug-likeness (QED) is 0.493. The number of hydrogen-bond acceptors (Lipinski definition) is 3. The molecule has 0 atom stereocenters. The standard InChI is InChI=1S/C23H21BrN2O2/c1-16-6-9-19(10-7-16)25-14-18-8-11-22(21(24)13-18)28-15-23(27)26-20-5-3-4-17(2)12-20/h3-14H,15H2,1-2H3,(H,26,27). The Morgan fingerprint density at radius 3 is 2.54 bits per heavy atom. The van der Waals surface area contributed by atoms with Crippen molar-refractivity contribution >= 4 is 39.4 Å². The molecule has 142 valence electrons. The van der Waals surface area contributed by atoms with Gasteiger partial charge in [-0.05, 0) is 83.4 Å². The van der Waals surface area contributed by atoms with E-state index in [-0.39, 0.29) is 12.5 Å². The summed E-state index contributed by atoms with van der Waals surface area (Å²) < 4.78 is 6.40. The maximum Gasteiger partial charge on any atom is 0.262 e. The van der Waals surface area contributed by atoms with Crippen molar-refractivity contribution in [2.24, 2.45) is 4.99 Å². The average Bonchev–Trinajstić information content (AvgIpc) is 2.67. The number of halogens is 1. The number of nitrogens with zero attached hydrogens (tertiary/aromatic N) is 1. The predicted molar refractivity (Wildman–Crippen MR) is 118 cm³/mol. The van der Waals surface area contributed by atoms with Gasteiger partial charge in [-0.2, -0.15) is 0 Å². The number of rotatable bonds is 6. The molecule has 4 nitrogen and oxygen atoms in total. The molecule has 0 aliphatic heterocycles. The van der Waals surface area contributed by atoms with Crippen LogP contribution in [0.3, 0.4) is 0 Å². The lowest BCUT2D eigenvalue weighted by molar-refractivity contribution is -0.118. The Bertz CT molecular complexity index is 998. The van der Waals surface area contributed by atoms with Crippen LogP contribution in [0.5, 0.6) is 5.75 Å². The van der Waals surface area contributed by atoms with Crippen LogP contribution in [0.25, 0.3) is 0 Å². The SMILES string of the molecule is Cc1ccc(N=Cc2ccc(OCC(=O)Nc3cccc(C)c3)c(Br)c2)cc1. The number of nitrogens with one attached hydrogen (secondary N) is 1. The largest absolute Gasteiger partial charge is 0.483 e. The lowest BCUT2D eigenvalue weighted by atomic mass is 10.2. The predicted octanol–water partition coefficient (Wildman–Crippen LogP) is 5.83. The number of carbonyl (C=O) groups is 1. The number of anilines is 1. The highest BCUT2D eigenvalue weighted by Gasteiger charge is 2.07. The van der Waals surface area contributed by atoms with Crippen molar-refractivity contribution in [2.45, 2.75) is 13.8 Å². The molecular formula is C23H21BrN2O2. The lowest BCUT2D eigenvalue weighted by Crippen LogP contribution is -2.20. The number of benzene rings is 3. The normalized spacial score (nSPS) is 10.8. The van der Waals surface area contributed by atoms with Crippen molar-refractivity contribution in [3.05, 3.63) is 87.9 Å². The summed E-state index contributed by atoms with van der Waals surface area (Å²) in [7, 11) is 0. The maximum absolute atomic E-state index is 12.1. The molecule has 0 radical (unpaired) electrons. The van der Waals surface area contributed by atoms with Crippen LogP contribution in [-0.4, -0.2) is 18.7 Å². The van der Waals surface area contributed by atoms with Gasteiger partial charge < -0.3 is 10.1 Å². The van der Waals surface area contributed by atoms with Crippen molar-refractivity contribution in [1.82, 2.24) is 0 Å². The molecule has 0 saturated heterocycles. The molecule has 3 aromatic carbocycles. The van der Waals surface area contributed by atoms with Crippen LogP contribution in [0.2, 0.25) is 0 Å². The average molecular weight is 437 g/mol. The van der Waals surface area contributed by atoms with Crippen LogP contribution < -0.4 is 10.1 Å². The van der Waals surface area contributed by atoms with Crippen LogP contribution >= 0.6 is 15.9 Å². The summed E-state index contributed by atoms with van der Waals surface area (Å²) in [5.74, 6) is 0.398. The van der Waals surface area contributed by atoms with E-state index in [1.807, 2.05) is 80.6 Å². The summed E-state index contributed by atoms with van der Waals surface area (Å²) in [6.07, 6.45) is 1.80. The third-order valence-corrected chi connectivity index (χ3v) is 4.63. The van der Waals surface area contributed by atoms with Crippen molar-refractivity contribution in [1.29, 1.82) is 0 Å². The van der Waals surface area contributed by atoms with Crippen LogP contribution in [0.15, 0.2) is 76.2 Å². The zero-order valence-electron chi connectivity index (χ0n) is 15.8. The fourth-order valence-electron chi connectivity index (χ4n) is 2.56. The first-order valence-corrected chi connectivity index (χ1v) is 9.68. The summed E-state index contributed by atoms with van der Waals surface area (Å²) >= 11 is 3.49. The zero-order valence-corrected chi connectivity index (χ0v) is 17.4. The van der Waals surface area contributed by atoms with E-state index in [2.05, 4.69) is 26.2 Å². The Morgan fingerprint density at radius 2 is 1.82 bits per heavy atom. The van der Waals surface area contributed by atoms with Gasteiger partial charge in [-0.1, -0.05) is 29.8 Å². The van der Waals surface area contributed by atoms with Crippen molar-refractivity contribution in [3.63, 3.8) is 0 Å². The van der Waals surface area contributed by atoms with Crippen molar-refractivity contribution < 1.29 is 9.53 Å². The van der Waals surface area contributed by atoms with Gasteiger partial charge in [0.1, 0.15) is 5.75 Å². The van der Waals surface area contributed by atoms with Gasteiger partial charge >= 0.3 is 0 Å². The van der Waals surface area contributed by atoms with Crippen LogP contribution in [0.4, 0.5) is 11.4 Å². The molecule has 0 aliphatic rings. The molecule has 0 saturated carbocycles. The second-order valence-electron chi connectivity index (χ2n) is 6.49. The first-order chi connectivity index (χ1) is 13.5. The molecular weight excluding hydrogens is 416 g/mol. The molecule has 0 aliphatic carbocycles. The van der Waals surface area contributed by atoms with Gasteiger partial charge in [0.15, 0.2) is 6.61 Å². The van der Waals surface area contributed by atoms with Crippen LogP contribution in [0.1, 0.15) is 16.7 Å². The molecule has 0 spiro atoms. The van der Waals surface area contributed by atoms with E-state index in [0.717, 1.165) is 27.0 Å². The molecule has 5 heteroatoms. The zero-order chi connectivity index (χ0) is 19.9. The smallest absolute Gasteiger partial charge is 0.262 e. The molecule has 3 rings (SSSR count). The van der Waals surface area contributed by atoms with Gasteiger partial charge in [-0.15, -0.1) is 0 Å². The Hall–Kier alpha value is -2.92. The number of amides is 1. The highest BCUT2D eigenvalue weighted by molar-refractivity contribution is 9.10. The summed E-state index contributed by atoms with van der Waals surface area (Å²) in [5.41, 5.74) is 4.88. The summed E-state index contributed by atoms with van der Waals surface area (Å²) in [6.45, 7) is 3.96. The summed E-state index contributed by atoms with van der Waals surface area (Å²) in [4.78, 5) is 16.6. The number of carbonyl (C=O) groups excluding carboxylic acids is 1. The van der Waals surface area contributed by atoms with Gasteiger partial charge in [-0.25, -0.2) is 0 Å². The summed E-state index contributed by atoms with van der Waals surface area (Å²) in [6, 6.07) is 21.3. The van der Waals surface area contributed by atoms with Gasteiger partial charge in [0.2, 0.25) is 0 Å². The van der Waals surface area contributed by atoms with Gasteiger partial charge in [0.05, 0.1) is 10.2 Å². The molecule has 0 heterocycles. The molecule has 1 N–H and O–H groups in total. The molecule has 1 amide bonds. The summed E-state index contributed by atoms with van der Waals surface area (Å²) in [5, 5.41) is 2.83. The fraction of sp³-hybridized carbons (Fsp3) is 0.130. The minimum Gasteiger partial charge on any atom is -0.483 e. The Kier molecular flexibility index (Phi) is 6.61. The molecule has 3 aromatic rings. The van der Waals surface area contributed by atoms with Gasteiger partial charge in [0.25, 0.3) is 5.91 Å². The van der Waals surface area contributed by atoms with E-state index in [1.54, 1.807) is 6.21 Å². The molecule has 0 fully saturated rings. The second kappa shape index (κ2) is 9.33. The van der Waals surface area contributed by atoms with Crippen LogP contribution in [0, 0.1) is 13.8 Å². The Morgan fingerprint density at radius 1 is 1.04 bits per heavy atom. The third-order valence-electron chi connectivity index (χ3n) is 4.01. The molecule has 0 aromatic heterocycles. The Labute approximate surface area is 173 Å². The van der Waals surface area contributed by atoms with E-state index in [4.69, 9.17) is 4.74 Å². The second-order valence-corrected chi connectivity index (χ2v) is 7.34. The maximum atomic E-state index is 12.1. The van der Waals surface area contributed by atoms with Crippen molar-refractivity contribution in [3.8, 4) is 5.75 Å². The van der Waals surface area contributed by atoms with E-state index >= 15 is 0 Å². The topological polar surface area (TPSA) is 50.7 Å². The number of ether oxygens (including phenoxy) is 1. The number of aliphatic imine (C=N–C) groups is 1. The Balaban J connectivity index is 1.58. The van der Waals surface area contributed by atoms with E-state index < -0.39 is 0 Å². The molecule has 0 unspecified atom stereocenters. The third kappa shape index (κ3) is 5.79. The van der Waals surface area contributed by atoms with Gasteiger partial charge in [-0.3, -0.25) is 9.79 Å². The fourth-order valence-corrected chi connectivity index (χ4v) is 3.07. The monoisotopic (exact) mass is 436 g/mol. The number of aryl methyl sites for hydroxylation is 2. The first kappa shape index (κ1) is 19.8. The number of hydrogen-bond donors (Lipinski definition) is 1. The first-order valence-electron chi connectivity index (χ1n) is 8.89. The minimum atomic E-state index is -0.206. The van der Waals surface area contributed by atoms with E-state index in [1.165, 1.54) is 5.56 Å².